The number of hydrogen-bond acceptors (Lipinski definition) is 4. The van der Waals surface area contributed by atoms with Gasteiger partial charge in [-0.1, -0.05) is 62.3 Å². The highest BCUT2D eigenvalue weighted by molar-refractivity contribution is 6.03. The number of allylic oxidation sites excluding steroid dienone is 3. The van der Waals surface area contributed by atoms with E-state index in [9.17, 15) is 9.59 Å². The van der Waals surface area contributed by atoms with Crippen LogP contribution in [0.15, 0.2) is 54.1 Å². The fourth-order valence-corrected chi connectivity index (χ4v) is 4.08. The van der Waals surface area contributed by atoms with Gasteiger partial charge in [0.05, 0.1) is 14.2 Å². The third kappa shape index (κ3) is 2.60. The van der Waals surface area contributed by atoms with Gasteiger partial charge in [-0.2, -0.15) is 0 Å². The summed E-state index contributed by atoms with van der Waals surface area (Å²) in [5, 5.41) is 0. The molecule has 1 aromatic rings. The lowest BCUT2D eigenvalue weighted by Crippen LogP contribution is -2.41. The van der Waals surface area contributed by atoms with Crippen LogP contribution in [0.2, 0.25) is 0 Å². The van der Waals surface area contributed by atoms with Crippen molar-refractivity contribution >= 4 is 11.9 Å². The molecule has 0 N–H and O–H groups in total. The van der Waals surface area contributed by atoms with Gasteiger partial charge in [0.2, 0.25) is 0 Å². The van der Waals surface area contributed by atoms with Crippen LogP contribution < -0.4 is 0 Å². The van der Waals surface area contributed by atoms with Crippen LogP contribution in [0.1, 0.15) is 35.8 Å². The number of carbonyl (C=O) groups excluding carboxylic acids is 2. The van der Waals surface area contributed by atoms with Crippen molar-refractivity contribution in [2.75, 3.05) is 14.2 Å². The van der Waals surface area contributed by atoms with Crippen molar-refractivity contribution in [2.24, 2.45) is 16.7 Å². The number of hydrogen-bond donors (Lipinski definition) is 0. The second-order valence-electron chi connectivity index (χ2n) is 6.89. The summed E-state index contributed by atoms with van der Waals surface area (Å²) in [7, 11) is 2.41. The molecule has 0 saturated carbocycles. The molecule has 3 atom stereocenters. The Hall–Kier alpha value is -2.36. The van der Waals surface area contributed by atoms with Crippen LogP contribution >= 0.6 is 0 Å². The van der Waals surface area contributed by atoms with Gasteiger partial charge in [0.25, 0.3) is 0 Å². The lowest BCUT2D eigenvalue weighted by molar-refractivity contribution is -0.165. The maximum Gasteiger partial charge on any atom is 0.327 e. The largest absolute Gasteiger partial charge is 0.468 e. The van der Waals surface area contributed by atoms with Crippen molar-refractivity contribution in [1.82, 2.24) is 0 Å². The quantitative estimate of drug-likeness (QED) is 0.621. The molecule has 4 heteroatoms. The third-order valence-electron chi connectivity index (χ3n) is 5.45. The lowest BCUT2D eigenvalue weighted by Gasteiger charge is -2.43. The van der Waals surface area contributed by atoms with Gasteiger partial charge in [0, 0.05) is 10.0 Å². The Bertz CT molecular complexity index is 825. The van der Waals surface area contributed by atoms with E-state index >= 15 is 0 Å². The fraction of sp³-hybridized carbons (Fsp3) is 0.429. The van der Waals surface area contributed by atoms with Gasteiger partial charge in [-0.15, -0.1) is 0 Å². The maximum absolute atomic E-state index is 12.6. The molecule has 0 amide bonds. The minimum atomic E-state index is -2.33. The molecule has 1 aromatic carbocycles. The van der Waals surface area contributed by atoms with E-state index in [2.05, 4.69) is 0 Å². The molecule has 0 spiro atoms. The summed E-state index contributed by atoms with van der Waals surface area (Å²) >= 11 is 0. The second kappa shape index (κ2) is 6.17. The van der Waals surface area contributed by atoms with Gasteiger partial charge in [-0.3, -0.25) is 9.59 Å². The van der Waals surface area contributed by atoms with E-state index in [1.54, 1.807) is 6.92 Å². The average Bonchev–Trinajstić information content (AvgIpc) is 3.09. The zero-order valence-electron chi connectivity index (χ0n) is 17.6. The maximum atomic E-state index is 12.6. The SMILES string of the molecule is [2H]C([2H])([2H])[C@@]1(C)[C@@H]2CC(C(=O)OC)(C(=O)OC)C=C2C=C[C@H]1c1ccccc1. The number of benzene rings is 1. The van der Waals surface area contributed by atoms with E-state index in [1.807, 2.05) is 42.5 Å². The fourth-order valence-electron chi connectivity index (χ4n) is 4.08. The van der Waals surface area contributed by atoms with Gasteiger partial charge >= 0.3 is 11.9 Å². The molecule has 3 rings (SSSR count). The van der Waals surface area contributed by atoms with E-state index in [-0.39, 0.29) is 6.42 Å². The molecule has 25 heavy (non-hydrogen) atoms. The molecule has 2 aliphatic rings. The normalized spacial score (nSPS) is 31.8. The van der Waals surface area contributed by atoms with Crippen LogP contribution in [0, 0.1) is 16.7 Å². The predicted molar refractivity (Wildman–Crippen MR) is 94.8 cm³/mol. The first-order valence-corrected chi connectivity index (χ1v) is 8.24. The zero-order chi connectivity index (χ0) is 20.7. The first-order chi connectivity index (χ1) is 13.1. The number of carbonyl (C=O) groups is 2. The van der Waals surface area contributed by atoms with Crippen LogP contribution in [-0.2, 0) is 19.1 Å². The smallest absolute Gasteiger partial charge is 0.327 e. The summed E-state index contributed by atoms with van der Waals surface area (Å²) in [5.74, 6) is -2.40. The first kappa shape index (κ1) is 13.9. The molecule has 0 aliphatic heterocycles. The van der Waals surface area contributed by atoms with Gasteiger partial charge in [-0.25, -0.2) is 0 Å². The van der Waals surface area contributed by atoms with Crippen LogP contribution in [0.5, 0.6) is 0 Å². The average molecular weight is 343 g/mol. The summed E-state index contributed by atoms with van der Waals surface area (Å²) in [6.45, 7) is -0.616. The molecule has 0 bridgehead atoms. The van der Waals surface area contributed by atoms with Crippen LogP contribution in [0.3, 0.4) is 0 Å². The third-order valence-corrected chi connectivity index (χ3v) is 5.45. The summed E-state index contributed by atoms with van der Waals surface area (Å²) in [4.78, 5) is 25.1. The molecule has 0 saturated heterocycles. The number of methoxy groups -OCH3 is 2. The van der Waals surface area contributed by atoms with Gasteiger partial charge in [-0.05, 0) is 28.9 Å². The van der Waals surface area contributed by atoms with Crippen LogP contribution in [0.4, 0.5) is 0 Å². The molecule has 4 nitrogen and oxygen atoms in total. The number of esters is 2. The molecular formula is C21H24O4. The predicted octanol–water partition coefficient (Wildman–Crippen LogP) is 3.64. The van der Waals surface area contributed by atoms with Crippen molar-refractivity contribution < 1.29 is 23.2 Å². The van der Waals surface area contributed by atoms with Crippen molar-refractivity contribution in [3.63, 3.8) is 0 Å². The Labute approximate surface area is 152 Å². The number of ether oxygens (including phenoxy) is 2. The number of fused-ring (bicyclic) bond motifs is 1. The molecule has 2 aliphatic carbocycles. The Morgan fingerprint density at radius 2 is 1.80 bits per heavy atom. The van der Waals surface area contributed by atoms with Crippen LogP contribution in [0.25, 0.3) is 0 Å². The van der Waals surface area contributed by atoms with Gasteiger partial charge in [0.1, 0.15) is 0 Å². The molecular weight excluding hydrogens is 316 g/mol. The molecule has 132 valence electrons. The Morgan fingerprint density at radius 1 is 1.16 bits per heavy atom. The summed E-state index contributed by atoms with van der Waals surface area (Å²) < 4.78 is 34.7. The van der Waals surface area contributed by atoms with E-state index in [4.69, 9.17) is 13.6 Å². The highest BCUT2D eigenvalue weighted by Gasteiger charge is 2.57. The highest BCUT2D eigenvalue weighted by atomic mass is 16.5. The molecule has 0 aromatic heterocycles. The minimum Gasteiger partial charge on any atom is -0.468 e. The monoisotopic (exact) mass is 343 g/mol. The van der Waals surface area contributed by atoms with Crippen molar-refractivity contribution in [2.45, 2.75) is 26.1 Å². The summed E-state index contributed by atoms with van der Waals surface area (Å²) in [6.07, 6.45) is 5.21. The van der Waals surface area contributed by atoms with Crippen molar-refractivity contribution in [1.29, 1.82) is 0 Å². The van der Waals surface area contributed by atoms with Crippen LogP contribution in [-0.4, -0.2) is 26.2 Å². The summed E-state index contributed by atoms with van der Waals surface area (Å²) in [5.41, 5.74) is -1.31. The van der Waals surface area contributed by atoms with E-state index < -0.39 is 41.5 Å². The highest BCUT2D eigenvalue weighted by Crippen LogP contribution is 2.57. The van der Waals surface area contributed by atoms with E-state index in [0.717, 1.165) is 5.56 Å². The van der Waals surface area contributed by atoms with E-state index in [1.165, 1.54) is 20.3 Å². The van der Waals surface area contributed by atoms with Gasteiger partial charge in [0.15, 0.2) is 5.41 Å². The first-order valence-electron chi connectivity index (χ1n) is 9.74. The Morgan fingerprint density at radius 3 is 2.36 bits per heavy atom. The Balaban J connectivity index is 2.16. The van der Waals surface area contributed by atoms with E-state index in [0.29, 0.717) is 5.57 Å². The molecule has 0 radical (unpaired) electrons. The molecule has 0 heterocycles. The van der Waals surface area contributed by atoms with Gasteiger partial charge < -0.3 is 9.47 Å². The van der Waals surface area contributed by atoms with Crippen molar-refractivity contribution in [3.8, 4) is 0 Å². The molecule has 0 unspecified atom stereocenters. The van der Waals surface area contributed by atoms with Crippen molar-refractivity contribution in [3.05, 3.63) is 59.7 Å². The topological polar surface area (TPSA) is 52.6 Å². The summed E-state index contributed by atoms with van der Waals surface area (Å²) in [6, 6.07) is 9.42. The second-order valence-corrected chi connectivity index (χ2v) is 6.89. The number of rotatable bonds is 3. The standard InChI is InChI=1S/C21H24O4/c1-20(2)16(14-8-6-5-7-9-14)11-10-15-12-21(13-17(15)20,18(22)24-3)19(23)25-4/h5-12,16-17H,13H2,1-4H3/t16-,17+/m0/s1/i1D3/t16-,17+,20-. The minimum absolute atomic E-state index is 0.00421. The zero-order valence-corrected chi connectivity index (χ0v) is 14.6. The Kier molecular flexibility index (Phi) is 3.43. The molecule has 0 fully saturated rings. The lowest BCUT2D eigenvalue weighted by atomic mass is 9.61.